The summed E-state index contributed by atoms with van der Waals surface area (Å²) in [6.07, 6.45) is 8.90. The molecule has 2 aromatic rings. The summed E-state index contributed by atoms with van der Waals surface area (Å²) in [5, 5.41) is 14.5. The van der Waals surface area contributed by atoms with E-state index in [1.54, 1.807) is 0 Å². The van der Waals surface area contributed by atoms with E-state index in [1.165, 1.54) is 0 Å². The molecule has 2 N–H and O–H groups in total. The van der Waals surface area contributed by atoms with Gasteiger partial charge in [-0.05, 0) is 104 Å². The number of hydrogen-bond acceptors (Lipinski definition) is 7. The summed E-state index contributed by atoms with van der Waals surface area (Å²) in [7, 11) is 3.88. The molecule has 2 rings (SSSR count). The van der Waals surface area contributed by atoms with E-state index in [0.717, 1.165) is 68.9 Å². The Morgan fingerprint density at radius 3 is 1.72 bits per heavy atom. The summed E-state index contributed by atoms with van der Waals surface area (Å²) >= 11 is 0. The Hall–Kier alpha value is -2.90. The largest absolute Gasteiger partial charge is 1.00 e. The summed E-state index contributed by atoms with van der Waals surface area (Å²) < 4.78 is 14.4. The number of imidazole rings is 1. The Labute approximate surface area is 274 Å². The second kappa shape index (κ2) is 18.7. The third-order valence-electron chi connectivity index (χ3n) is 6.16. The topological polar surface area (TPSA) is 113 Å². The minimum atomic E-state index is -0.494. The van der Waals surface area contributed by atoms with Crippen molar-refractivity contribution >= 4 is 29.5 Å². The average molecular weight is 714 g/mol. The van der Waals surface area contributed by atoms with Crippen molar-refractivity contribution in [2.45, 2.75) is 91.3 Å². The maximum absolute atomic E-state index is 11.9. The predicted molar refractivity (Wildman–Crippen MR) is 166 cm³/mol. The molecule has 0 radical (unpaired) electrons. The first-order valence-electron chi connectivity index (χ1n) is 14.9. The Morgan fingerprint density at radius 2 is 1.30 bits per heavy atom. The minimum Gasteiger partial charge on any atom is -1.00 e. The van der Waals surface area contributed by atoms with E-state index in [1.807, 2.05) is 89.3 Å². The van der Waals surface area contributed by atoms with Crippen molar-refractivity contribution in [2.75, 3.05) is 31.1 Å². The van der Waals surface area contributed by atoms with E-state index in [-0.39, 0.29) is 36.2 Å². The van der Waals surface area contributed by atoms with Gasteiger partial charge in [0.1, 0.15) is 16.9 Å². The molecule has 2 amide bonds. The molecule has 1 aromatic carbocycles. The van der Waals surface area contributed by atoms with E-state index in [0.29, 0.717) is 13.1 Å². The molecular weight excluding hydrogens is 661 g/mol. The molecular formula is C31H52IN7O4. The van der Waals surface area contributed by atoms with Crippen LogP contribution in [0.15, 0.2) is 46.9 Å². The quantitative estimate of drug-likeness (QED) is 0.127. The van der Waals surface area contributed by atoms with Crippen LogP contribution in [0.2, 0.25) is 0 Å². The molecule has 0 atom stereocenters. The monoisotopic (exact) mass is 713 g/mol. The maximum Gasteiger partial charge on any atom is 0.421 e. The van der Waals surface area contributed by atoms with Crippen molar-refractivity contribution in [3.05, 3.63) is 36.7 Å². The Morgan fingerprint density at radius 1 is 0.814 bits per heavy atom. The predicted octanol–water partition coefficient (Wildman–Crippen LogP) is 3.47. The van der Waals surface area contributed by atoms with Crippen LogP contribution in [0.3, 0.4) is 0 Å². The molecule has 0 unspecified atom stereocenters. The highest BCUT2D eigenvalue weighted by molar-refractivity contribution is 5.67. The first kappa shape index (κ1) is 38.1. The highest BCUT2D eigenvalue weighted by atomic mass is 127. The number of aryl methyl sites for hydroxylation is 2. The van der Waals surface area contributed by atoms with Crippen molar-refractivity contribution in [2.24, 2.45) is 24.3 Å². The standard InChI is InChI=1S/C31H51N7O4.HI/c1-30(2,3)41-28(39)32-19-11-9-13-21-38(22-14-10-12-20-33-29(40)42-31(4,5)6)26-17-15-25(16-18-26)34-35-27-36(7)23-24-37(27)8;/h15-18,23-24H,9-14,19-22H2,1-8H3,(H-,32,33,39,40);1H. The summed E-state index contributed by atoms with van der Waals surface area (Å²) in [5.74, 6) is 0.767. The molecule has 0 aliphatic rings. The second-order valence-electron chi connectivity index (χ2n) is 12.5. The zero-order chi connectivity index (χ0) is 31.2. The molecule has 1 aromatic heterocycles. The minimum absolute atomic E-state index is 0. The second-order valence-corrected chi connectivity index (χ2v) is 12.5. The molecule has 0 bridgehead atoms. The number of aromatic nitrogens is 2. The van der Waals surface area contributed by atoms with Crippen LogP contribution in [0.4, 0.5) is 26.9 Å². The highest BCUT2D eigenvalue weighted by Gasteiger charge is 2.16. The lowest BCUT2D eigenvalue weighted by atomic mass is 10.1. The van der Waals surface area contributed by atoms with Crippen molar-refractivity contribution < 1.29 is 47.6 Å². The molecule has 0 aliphatic heterocycles. The lowest BCUT2D eigenvalue weighted by molar-refractivity contribution is -0.657. The van der Waals surface area contributed by atoms with E-state index in [4.69, 9.17) is 9.47 Å². The van der Waals surface area contributed by atoms with Gasteiger partial charge >= 0.3 is 18.1 Å². The highest BCUT2D eigenvalue weighted by Crippen LogP contribution is 2.22. The number of carbonyl (C=O) groups is 2. The third kappa shape index (κ3) is 16.5. The molecule has 0 saturated carbocycles. The fraction of sp³-hybridized carbons (Fsp3) is 0.645. The maximum atomic E-state index is 11.9. The summed E-state index contributed by atoms with van der Waals surface area (Å²) in [5.41, 5.74) is 0.942. The van der Waals surface area contributed by atoms with Gasteiger partial charge in [0.2, 0.25) is 0 Å². The van der Waals surface area contributed by atoms with Crippen LogP contribution in [-0.2, 0) is 23.6 Å². The lowest BCUT2D eigenvalue weighted by Crippen LogP contribution is -3.00. The van der Waals surface area contributed by atoms with Gasteiger partial charge in [0, 0.05) is 37.0 Å². The molecule has 1 heterocycles. The number of azo groups is 1. The van der Waals surface area contributed by atoms with Gasteiger partial charge in [-0.2, -0.15) is 0 Å². The van der Waals surface area contributed by atoms with Crippen molar-refractivity contribution in [1.29, 1.82) is 0 Å². The van der Waals surface area contributed by atoms with Gasteiger partial charge in [0.05, 0.1) is 26.5 Å². The van der Waals surface area contributed by atoms with Crippen LogP contribution in [0.25, 0.3) is 0 Å². The number of halogens is 1. The van der Waals surface area contributed by atoms with Crippen LogP contribution in [0.1, 0.15) is 80.1 Å². The van der Waals surface area contributed by atoms with Crippen LogP contribution >= 0.6 is 0 Å². The Balaban J connectivity index is 0.00000924. The number of ether oxygens (including phenoxy) is 2. The Bertz CT molecular complexity index is 1080. The van der Waals surface area contributed by atoms with Gasteiger partial charge in [-0.15, -0.1) is 0 Å². The number of amides is 2. The fourth-order valence-electron chi connectivity index (χ4n) is 4.14. The van der Waals surface area contributed by atoms with Gasteiger partial charge < -0.3 is 49.0 Å². The van der Waals surface area contributed by atoms with Crippen LogP contribution < -0.4 is 44.1 Å². The molecule has 43 heavy (non-hydrogen) atoms. The van der Waals surface area contributed by atoms with Crippen molar-refractivity contribution in [3.63, 3.8) is 0 Å². The van der Waals surface area contributed by atoms with Crippen molar-refractivity contribution in [1.82, 2.24) is 15.2 Å². The number of rotatable bonds is 15. The van der Waals surface area contributed by atoms with Gasteiger partial charge in [-0.1, -0.05) is 5.11 Å². The molecule has 242 valence electrons. The SMILES string of the molecule is Cn1cc[n+](C)c1N=Nc1ccc(N(CCCCCNC(=O)OC(C)(C)C)CCCCCNC(=O)OC(C)(C)C)cc1.[I-]. The zero-order valence-corrected chi connectivity index (χ0v) is 29.4. The number of benzene rings is 1. The number of carbonyl (C=O) groups excluding carboxylic acids is 2. The first-order chi connectivity index (χ1) is 19.7. The number of alkyl carbamates (subject to hydrolysis) is 2. The Kier molecular flexibility index (Phi) is 16.6. The molecule has 0 spiro atoms. The molecule has 0 saturated heterocycles. The smallest absolute Gasteiger partial charge is 0.421 e. The molecule has 11 nitrogen and oxygen atoms in total. The van der Waals surface area contributed by atoms with Gasteiger partial charge in [0.25, 0.3) is 0 Å². The van der Waals surface area contributed by atoms with Crippen molar-refractivity contribution in [3.8, 4) is 0 Å². The molecule has 0 fully saturated rings. The van der Waals surface area contributed by atoms with E-state index >= 15 is 0 Å². The first-order valence-corrected chi connectivity index (χ1v) is 14.9. The third-order valence-corrected chi connectivity index (χ3v) is 6.16. The number of anilines is 1. The molecule has 12 heteroatoms. The van der Waals surface area contributed by atoms with Gasteiger partial charge in [0.15, 0.2) is 0 Å². The lowest BCUT2D eigenvalue weighted by Gasteiger charge is -2.25. The van der Waals surface area contributed by atoms with Crippen LogP contribution in [0.5, 0.6) is 0 Å². The zero-order valence-electron chi connectivity index (χ0n) is 27.3. The van der Waals surface area contributed by atoms with Crippen LogP contribution in [0, 0.1) is 0 Å². The van der Waals surface area contributed by atoms with E-state index < -0.39 is 11.2 Å². The normalized spacial score (nSPS) is 11.6. The summed E-state index contributed by atoms with van der Waals surface area (Å²) in [6, 6.07) is 8.16. The van der Waals surface area contributed by atoms with E-state index in [9.17, 15) is 9.59 Å². The fourth-order valence-corrected chi connectivity index (χ4v) is 4.14. The summed E-state index contributed by atoms with van der Waals surface area (Å²) in [4.78, 5) is 26.1. The average Bonchev–Trinajstić information content (AvgIpc) is 3.20. The van der Waals surface area contributed by atoms with Crippen LogP contribution in [-0.4, -0.2) is 54.1 Å². The molecule has 0 aliphatic carbocycles. The van der Waals surface area contributed by atoms with E-state index in [2.05, 4.69) is 37.9 Å². The number of unbranched alkanes of at least 4 members (excludes halogenated alkanes) is 4. The number of nitrogens with one attached hydrogen (secondary N) is 2. The number of hydrogen-bond donors (Lipinski definition) is 2. The van der Waals surface area contributed by atoms with Gasteiger partial charge in [-0.3, -0.25) is 0 Å². The summed E-state index contributed by atoms with van der Waals surface area (Å²) in [6.45, 7) is 14.2. The van der Waals surface area contributed by atoms with Gasteiger partial charge in [-0.25, -0.2) is 18.7 Å². The number of nitrogens with zero attached hydrogens (tertiary/aromatic N) is 5.